The summed E-state index contributed by atoms with van der Waals surface area (Å²) in [6, 6.07) is -5.07. The summed E-state index contributed by atoms with van der Waals surface area (Å²) in [7, 11) is 0. The molecule has 0 heterocycles. The Morgan fingerprint density at radius 3 is 1.90 bits per heavy atom. The minimum absolute atomic E-state index is 0.118. The summed E-state index contributed by atoms with van der Waals surface area (Å²) in [6.07, 6.45) is -1.39. The standard InChI is InChI=1S/C17H31N5O7/c1-5-7(2)12(19)16(27)20-8(3)14(25)21-10(6-11(18)24)15(26)22-13(9(4)23)17(28)29/h7-10,12-13,23H,5-6,19H2,1-4H3,(H2,18,24)(H,20,27)(H,21,25)(H,22,26)(H,28,29). The van der Waals surface area contributed by atoms with Crippen molar-refractivity contribution in [3.63, 3.8) is 0 Å². The second-order valence-corrected chi connectivity index (χ2v) is 6.94. The third-order valence-corrected chi connectivity index (χ3v) is 4.40. The third kappa shape index (κ3) is 8.87. The van der Waals surface area contributed by atoms with Gasteiger partial charge >= 0.3 is 5.97 Å². The van der Waals surface area contributed by atoms with Gasteiger partial charge in [0.2, 0.25) is 23.6 Å². The number of primary amides is 1. The fraction of sp³-hybridized carbons (Fsp3) is 0.706. The van der Waals surface area contributed by atoms with E-state index in [0.29, 0.717) is 6.42 Å². The molecular weight excluding hydrogens is 386 g/mol. The molecule has 166 valence electrons. The van der Waals surface area contributed by atoms with Crippen molar-refractivity contribution in [2.24, 2.45) is 17.4 Å². The van der Waals surface area contributed by atoms with Crippen LogP contribution in [-0.4, -0.2) is 70.1 Å². The lowest BCUT2D eigenvalue weighted by Gasteiger charge is -2.24. The Hall–Kier alpha value is -2.73. The van der Waals surface area contributed by atoms with Crippen molar-refractivity contribution >= 4 is 29.6 Å². The van der Waals surface area contributed by atoms with Crippen molar-refractivity contribution < 1.29 is 34.2 Å². The van der Waals surface area contributed by atoms with E-state index < -0.39 is 66.3 Å². The predicted octanol–water partition coefficient (Wildman–Crippen LogP) is -2.83. The number of nitrogens with one attached hydrogen (secondary N) is 3. The number of amides is 4. The highest BCUT2D eigenvalue weighted by Gasteiger charge is 2.31. The van der Waals surface area contributed by atoms with Gasteiger partial charge in [0.1, 0.15) is 12.1 Å². The molecule has 6 unspecified atom stereocenters. The van der Waals surface area contributed by atoms with Gasteiger partial charge in [0.15, 0.2) is 6.04 Å². The molecule has 0 aliphatic heterocycles. The van der Waals surface area contributed by atoms with Crippen LogP contribution in [0.25, 0.3) is 0 Å². The van der Waals surface area contributed by atoms with Crippen molar-refractivity contribution in [1.82, 2.24) is 16.0 Å². The van der Waals surface area contributed by atoms with Crippen molar-refractivity contribution in [2.45, 2.75) is 70.8 Å². The molecule has 9 N–H and O–H groups in total. The highest BCUT2D eigenvalue weighted by Crippen LogP contribution is 2.05. The molecule has 0 bridgehead atoms. The summed E-state index contributed by atoms with van der Waals surface area (Å²) in [6.45, 7) is 6.15. The number of nitrogens with two attached hydrogens (primary N) is 2. The van der Waals surface area contributed by atoms with Crippen LogP contribution in [-0.2, 0) is 24.0 Å². The van der Waals surface area contributed by atoms with Crippen molar-refractivity contribution in [3.8, 4) is 0 Å². The average molecular weight is 417 g/mol. The van der Waals surface area contributed by atoms with E-state index in [0.717, 1.165) is 6.92 Å². The number of aliphatic carboxylic acids is 1. The summed E-state index contributed by atoms with van der Waals surface area (Å²) >= 11 is 0. The predicted molar refractivity (Wildman–Crippen MR) is 102 cm³/mol. The Balaban J connectivity index is 5.15. The van der Waals surface area contributed by atoms with E-state index in [4.69, 9.17) is 16.6 Å². The molecule has 6 atom stereocenters. The normalized spacial score (nSPS) is 17.0. The molecule has 0 fully saturated rings. The molecule has 0 saturated carbocycles. The minimum Gasteiger partial charge on any atom is -0.480 e. The number of carboxylic acid groups (broad SMARTS) is 1. The molecule has 0 spiro atoms. The van der Waals surface area contributed by atoms with E-state index in [9.17, 15) is 29.1 Å². The second-order valence-electron chi connectivity index (χ2n) is 6.94. The first-order valence-electron chi connectivity index (χ1n) is 9.17. The number of hydrogen-bond acceptors (Lipinski definition) is 7. The number of aliphatic hydroxyl groups is 1. The molecule has 29 heavy (non-hydrogen) atoms. The van der Waals surface area contributed by atoms with Gasteiger partial charge < -0.3 is 37.6 Å². The zero-order valence-electron chi connectivity index (χ0n) is 17.0. The van der Waals surface area contributed by atoms with E-state index in [-0.39, 0.29) is 5.92 Å². The molecule has 0 aliphatic rings. The van der Waals surface area contributed by atoms with Crippen LogP contribution in [0.5, 0.6) is 0 Å². The molecular formula is C17H31N5O7. The minimum atomic E-state index is -1.65. The molecule has 0 aromatic carbocycles. The van der Waals surface area contributed by atoms with E-state index in [1.165, 1.54) is 6.92 Å². The van der Waals surface area contributed by atoms with Crippen LogP contribution in [0.1, 0.15) is 40.5 Å². The fourth-order valence-corrected chi connectivity index (χ4v) is 2.24. The first-order chi connectivity index (χ1) is 13.3. The number of aliphatic hydroxyl groups excluding tert-OH is 1. The molecule has 0 saturated heterocycles. The Morgan fingerprint density at radius 2 is 1.48 bits per heavy atom. The van der Waals surface area contributed by atoms with E-state index in [1.807, 2.05) is 12.2 Å². The van der Waals surface area contributed by atoms with Gasteiger partial charge in [0, 0.05) is 0 Å². The smallest absolute Gasteiger partial charge is 0.328 e. The van der Waals surface area contributed by atoms with Crippen LogP contribution in [0.3, 0.4) is 0 Å². The number of carbonyl (C=O) groups excluding carboxylic acids is 4. The van der Waals surface area contributed by atoms with Gasteiger partial charge in [-0.1, -0.05) is 20.3 Å². The monoisotopic (exact) mass is 417 g/mol. The third-order valence-electron chi connectivity index (χ3n) is 4.40. The van der Waals surface area contributed by atoms with Crippen molar-refractivity contribution in [3.05, 3.63) is 0 Å². The molecule has 0 rings (SSSR count). The largest absolute Gasteiger partial charge is 0.480 e. The van der Waals surface area contributed by atoms with Gasteiger partial charge in [-0.3, -0.25) is 19.2 Å². The zero-order valence-corrected chi connectivity index (χ0v) is 17.0. The summed E-state index contributed by atoms with van der Waals surface area (Å²) in [5.41, 5.74) is 10.9. The number of carbonyl (C=O) groups is 5. The Morgan fingerprint density at radius 1 is 0.931 bits per heavy atom. The summed E-state index contributed by atoms with van der Waals surface area (Å²) in [4.78, 5) is 59.1. The molecule has 0 aromatic heterocycles. The molecule has 4 amide bonds. The van der Waals surface area contributed by atoms with Crippen LogP contribution in [0.2, 0.25) is 0 Å². The van der Waals surface area contributed by atoms with Crippen LogP contribution >= 0.6 is 0 Å². The maximum absolute atomic E-state index is 12.3. The maximum atomic E-state index is 12.3. The Labute approximate surface area is 168 Å². The van der Waals surface area contributed by atoms with Crippen LogP contribution in [0.4, 0.5) is 0 Å². The molecule has 12 nitrogen and oxygen atoms in total. The summed E-state index contributed by atoms with van der Waals surface area (Å²) < 4.78 is 0. The lowest BCUT2D eigenvalue weighted by atomic mass is 9.99. The molecule has 0 aromatic rings. The van der Waals surface area contributed by atoms with Gasteiger partial charge in [0.05, 0.1) is 18.6 Å². The summed E-state index contributed by atoms with van der Waals surface area (Å²) in [5, 5.41) is 25.2. The number of rotatable bonds is 12. The van der Waals surface area contributed by atoms with Crippen molar-refractivity contribution in [1.29, 1.82) is 0 Å². The molecule has 12 heteroatoms. The van der Waals surface area contributed by atoms with Gasteiger partial charge in [-0.25, -0.2) is 4.79 Å². The Kier molecular flexibility index (Phi) is 10.8. The highest BCUT2D eigenvalue weighted by molar-refractivity contribution is 5.96. The fourth-order valence-electron chi connectivity index (χ4n) is 2.24. The Bertz CT molecular complexity index is 625. The van der Waals surface area contributed by atoms with Crippen LogP contribution in [0.15, 0.2) is 0 Å². The van der Waals surface area contributed by atoms with Crippen LogP contribution in [0, 0.1) is 5.92 Å². The number of carboxylic acids is 1. The second kappa shape index (κ2) is 12.0. The van der Waals surface area contributed by atoms with E-state index in [1.54, 1.807) is 6.92 Å². The first kappa shape index (κ1) is 26.3. The average Bonchev–Trinajstić information content (AvgIpc) is 2.62. The van der Waals surface area contributed by atoms with E-state index in [2.05, 4.69) is 10.6 Å². The lowest BCUT2D eigenvalue weighted by molar-refractivity contribution is -0.145. The maximum Gasteiger partial charge on any atom is 0.328 e. The lowest BCUT2D eigenvalue weighted by Crippen LogP contribution is -2.58. The quantitative estimate of drug-likeness (QED) is 0.175. The first-order valence-corrected chi connectivity index (χ1v) is 9.17. The topological polar surface area (TPSA) is 214 Å². The zero-order chi connectivity index (χ0) is 22.9. The highest BCUT2D eigenvalue weighted by atomic mass is 16.4. The molecule has 0 radical (unpaired) electrons. The summed E-state index contributed by atoms with van der Waals surface area (Å²) in [5.74, 6) is -4.94. The van der Waals surface area contributed by atoms with Gasteiger partial charge in [-0.2, -0.15) is 0 Å². The van der Waals surface area contributed by atoms with Gasteiger partial charge in [-0.05, 0) is 19.8 Å². The van der Waals surface area contributed by atoms with Gasteiger partial charge in [-0.15, -0.1) is 0 Å². The SMILES string of the molecule is CCC(C)C(N)C(=O)NC(C)C(=O)NC(CC(N)=O)C(=O)NC(C(=O)O)C(C)O. The van der Waals surface area contributed by atoms with Gasteiger partial charge in [0.25, 0.3) is 0 Å². The molecule has 0 aliphatic carbocycles. The van der Waals surface area contributed by atoms with Crippen LogP contribution < -0.4 is 27.4 Å². The van der Waals surface area contributed by atoms with Crippen molar-refractivity contribution in [2.75, 3.05) is 0 Å². The van der Waals surface area contributed by atoms with E-state index >= 15 is 0 Å². The number of hydrogen-bond donors (Lipinski definition) is 7.